The van der Waals surface area contributed by atoms with Crippen molar-refractivity contribution in [2.75, 3.05) is 0 Å². The van der Waals surface area contributed by atoms with Crippen LogP contribution in [0.2, 0.25) is 5.02 Å². The minimum Gasteiger partial charge on any atom is -0.166 e. The summed E-state index contributed by atoms with van der Waals surface area (Å²) in [5.74, 6) is 0. The smallest absolute Gasteiger partial charge is 0.166 e. The Balaban J connectivity index is 3.63. The Bertz CT molecular complexity index is 449. The van der Waals surface area contributed by atoms with Gasteiger partial charge in [-0.15, -0.1) is 23.2 Å². The zero-order valence-corrected chi connectivity index (χ0v) is 10.4. The summed E-state index contributed by atoms with van der Waals surface area (Å²) < 4.78 is 75.2. The van der Waals surface area contributed by atoms with Gasteiger partial charge in [0.2, 0.25) is 0 Å². The van der Waals surface area contributed by atoms with Crippen LogP contribution in [-0.4, -0.2) is 0 Å². The first-order valence-corrected chi connectivity index (χ1v) is 5.46. The summed E-state index contributed by atoms with van der Waals surface area (Å²) >= 11 is 16.0. The lowest BCUT2D eigenvalue weighted by molar-refractivity contribution is -0.162. The lowest BCUT2D eigenvalue weighted by Gasteiger charge is -2.19. The molecule has 0 fully saturated rings. The van der Waals surface area contributed by atoms with E-state index in [-0.39, 0.29) is 6.07 Å². The van der Waals surface area contributed by atoms with Crippen molar-refractivity contribution in [3.05, 3.63) is 33.8 Å². The molecule has 102 valence electrons. The zero-order chi connectivity index (χ0) is 14.3. The molecule has 0 radical (unpaired) electrons. The lowest BCUT2D eigenvalue weighted by Crippen LogP contribution is -2.18. The molecule has 0 aliphatic rings. The first-order valence-electron chi connectivity index (χ1n) is 4.21. The maximum absolute atomic E-state index is 12.6. The standard InChI is InChI=1S/C9H3Cl3F6/c10-6-3(7(11)12)1-2-4(8(13,14)15)5(6)9(16,17)18/h1-2,7H. The number of rotatable bonds is 1. The summed E-state index contributed by atoms with van der Waals surface area (Å²) in [4.78, 5) is -1.46. The third kappa shape index (κ3) is 3.16. The van der Waals surface area contributed by atoms with E-state index < -0.39 is 38.9 Å². The molecule has 0 nitrogen and oxygen atoms in total. The van der Waals surface area contributed by atoms with Crippen LogP contribution >= 0.6 is 34.8 Å². The Labute approximate surface area is 112 Å². The summed E-state index contributed by atoms with van der Waals surface area (Å²) in [5, 5.41) is -1.15. The molecule has 0 saturated carbocycles. The number of alkyl halides is 8. The Morgan fingerprint density at radius 1 is 0.889 bits per heavy atom. The van der Waals surface area contributed by atoms with E-state index in [1.54, 1.807) is 0 Å². The van der Waals surface area contributed by atoms with Crippen LogP contribution in [0.1, 0.15) is 21.5 Å². The largest absolute Gasteiger partial charge is 0.418 e. The number of hydrogen-bond donors (Lipinski definition) is 0. The van der Waals surface area contributed by atoms with Crippen LogP contribution in [0.4, 0.5) is 26.3 Å². The maximum Gasteiger partial charge on any atom is 0.418 e. The van der Waals surface area contributed by atoms with Gasteiger partial charge in [-0.1, -0.05) is 17.7 Å². The molecule has 0 aliphatic heterocycles. The van der Waals surface area contributed by atoms with Crippen molar-refractivity contribution in [1.82, 2.24) is 0 Å². The molecule has 1 rings (SSSR count). The maximum atomic E-state index is 12.6. The fourth-order valence-corrected chi connectivity index (χ4v) is 2.13. The van der Waals surface area contributed by atoms with E-state index in [0.29, 0.717) is 6.07 Å². The number of halogens is 9. The molecule has 0 unspecified atom stereocenters. The molecule has 0 N–H and O–H groups in total. The van der Waals surface area contributed by atoms with Crippen LogP contribution in [0.25, 0.3) is 0 Å². The van der Waals surface area contributed by atoms with Crippen molar-refractivity contribution >= 4 is 34.8 Å². The van der Waals surface area contributed by atoms with E-state index in [4.69, 9.17) is 34.8 Å². The van der Waals surface area contributed by atoms with E-state index in [1.807, 2.05) is 0 Å². The predicted octanol–water partition coefficient (Wildman–Crippen LogP) is 5.85. The molecule has 0 spiro atoms. The quantitative estimate of drug-likeness (QED) is 0.447. The Morgan fingerprint density at radius 2 is 1.39 bits per heavy atom. The highest BCUT2D eigenvalue weighted by atomic mass is 35.5. The second-order valence-corrected chi connectivity index (χ2v) is 4.66. The molecule has 0 heterocycles. The van der Waals surface area contributed by atoms with Crippen LogP contribution < -0.4 is 0 Å². The molecular formula is C9H3Cl3F6. The zero-order valence-electron chi connectivity index (χ0n) is 8.13. The highest BCUT2D eigenvalue weighted by Gasteiger charge is 2.45. The molecule has 0 aliphatic carbocycles. The van der Waals surface area contributed by atoms with Crippen molar-refractivity contribution in [3.63, 3.8) is 0 Å². The second kappa shape index (κ2) is 4.98. The minimum absolute atomic E-state index is 0.252. The first kappa shape index (κ1) is 15.7. The lowest BCUT2D eigenvalue weighted by atomic mass is 10.0. The van der Waals surface area contributed by atoms with Crippen LogP contribution in [-0.2, 0) is 12.4 Å². The van der Waals surface area contributed by atoms with Gasteiger partial charge in [-0.2, -0.15) is 26.3 Å². The summed E-state index contributed by atoms with van der Waals surface area (Å²) in [6.45, 7) is 0. The molecule has 1 aromatic carbocycles. The Hall–Kier alpha value is -0.330. The SMILES string of the molecule is FC(F)(F)c1ccc(C(Cl)Cl)c(Cl)c1C(F)(F)F. The average molecular weight is 331 g/mol. The fourth-order valence-electron chi connectivity index (χ4n) is 1.27. The van der Waals surface area contributed by atoms with Gasteiger partial charge in [0.15, 0.2) is 0 Å². The van der Waals surface area contributed by atoms with Crippen molar-refractivity contribution in [2.45, 2.75) is 17.2 Å². The fraction of sp³-hybridized carbons (Fsp3) is 0.333. The monoisotopic (exact) mass is 330 g/mol. The Kier molecular flexibility index (Phi) is 4.35. The number of benzene rings is 1. The molecule has 0 amide bonds. The van der Waals surface area contributed by atoms with Gasteiger partial charge in [0.25, 0.3) is 0 Å². The van der Waals surface area contributed by atoms with Gasteiger partial charge in [-0.3, -0.25) is 0 Å². The molecule has 0 saturated heterocycles. The summed E-state index contributed by atoms with van der Waals surface area (Å²) in [6, 6.07) is 0.965. The van der Waals surface area contributed by atoms with Crippen molar-refractivity contribution < 1.29 is 26.3 Å². The van der Waals surface area contributed by atoms with Gasteiger partial charge in [0, 0.05) is 5.56 Å². The van der Waals surface area contributed by atoms with Gasteiger partial charge < -0.3 is 0 Å². The minimum atomic E-state index is -5.26. The van der Waals surface area contributed by atoms with E-state index in [2.05, 4.69) is 0 Å². The number of hydrogen-bond acceptors (Lipinski definition) is 0. The highest BCUT2D eigenvalue weighted by Crippen LogP contribution is 2.46. The van der Waals surface area contributed by atoms with Gasteiger partial charge in [0.05, 0.1) is 16.1 Å². The second-order valence-electron chi connectivity index (χ2n) is 3.19. The molecule has 18 heavy (non-hydrogen) atoms. The molecule has 1 aromatic rings. The van der Waals surface area contributed by atoms with Crippen LogP contribution in [0, 0.1) is 0 Å². The normalized spacial score (nSPS) is 13.2. The van der Waals surface area contributed by atoms with Crippen molar-refractivity contribution in [2.24, 2.45) is 0 Å². The van der Waals surface area contributed by atoms with E-state index >= 15 is 0 Å². The molecule has 9 heteroatoms. The molecule has 0 bridgehead atoms. The molecular weight excluding hydrogens is 328 g/mol. The summed E-state index contributed by atoms with van der Waals surface area (Å²) in [5.41, 5.74) is -4.29. The topological polar surface area (TPSA) is 0 Å². The Morgan fingerprint density at radius 3 is 1.72 bits per heavy atom. The van der Waals surface area contributed by atoms with Crippen LogP contribution in [0.15, 0.2) is 12.1 Å². The molecule has 0 aromatic heterocycles. The predicted molar refractivity (Wildman–Crippen MR) is 55.9 cm³/mol. The highest BCUT2D eigenvalue weighted by molar-refractivity contribution is 6.45. The van der Waals surface area contributed by atoms with E-state index in [1.165, 1.54) is 0 Å². The van der Waals surface area contributed by atoms with Gasteiger partial charge >= 0.3 is 12.4 Å². The third-order valence-electron chi connectivity index (χ3n) is 2.00. The van der Waals surface area contributed by atoms with E-state index in [9.17, 15) is 26.3 Å². The van der Waals surface area contributed by atoms with Gasteiger partial charge in [0.1, 0.15) is 4.84 Å². The van der Waals surface area contributed by atoms with Gasteiger partial charge in [-0.25, -0.2) is 0 Å². The van der Waals surface area contributed by atoms with Gasteiger partial charge in [-0.05, 0) is 6.07 Å². The van der Waals surface area contributed by atoms with Crippen molar-refractivity contribution in [1.29, 1.82) is 0 Å². The first-order chi connectivity index (χ1) is 7.96. The van der Waals surface area contributed by atoms with Crippen LogP contribution in [0.5, 0.6) is 0 Å². The molecule has 0 atom stereocenters. The summed E-state index contributed by atoms with van der Waals surface area (Å²) in [6.07, 6.45) is -10.4. The third-order valence-corrected chi connectivity index (χ3v) is 2.87. The average Bonchev–Trinajstić information content (AvgIpc) is 2.12. The van der Waals surface area contributed by atoms with Crippen molar-refractivity contribution in [3.8, 4) is 0 Å². The van der Waals surface area contributed by atoms with E-state index in [0.717, 1.165) is 0 Å². The van der Waals surface area contributed by atoms with Crippen LogP contribution in [0.3, 0.4) is 0 Å². The summed E-state index contributed by atoms with van der Waals surface area (Å²) in [7, 11) is 0.